The monoisotopic (exact) mass is 284 g/mol. The fourth-order valence-corrected chi connectivity index (χ4v) is 1.72. The molecule has 0 saturated heterocycles. The molecular formula is C15H28N2O3. The molecule has 2 amide bonds. The Labute approximate surface area is 121 Å². The van der Waals surface area contributed by atoms with Crippen LogP contribution < -0.4 is 10.6 Å². The largest absolute Gasteiger partial charge is 0.345 e. The van der Waals surface area contributed by atoms with Crippen molar-refractivity contribution in [3.8, 4) is 0 Å². The molecule has 5 nitrogen and oxygen atoms in total. The summed E-state index contributed by atoms with van der Waals surface area (Å²) in [5, 5.41) is 5.39. The molecule has 0 fully saturated rings. The van der Waals surface area contributed by atoms with Crippen LogP contribution in [0.2, 0.25) is 0 Å². The molecule has 0 bridgehead atoms. The Hall–Kier alpha value is -1.39. The first-order chi connectivity index (χ1) is 9.29. The Balaban J connectivity index is 4.45. The van der Waals surface area contributed by atoms with Crippen molar-refractivity contribution in [1.82, 2.24) is 10.6 Å². The van der Waals surface area contributed by atoms with Gasteiger partial charge in [-0.05, 0) is 26.2 Å². The Morgan fingerprint density at radius 3 is 2.05 bits per heavy atom. The zero-order chi connectivity index (χ0) is 15.7. The zero-order valence-electron chi connectivity index (χ0n) is 13.3. The topological polar surface area (TPSA) is 75.3 Å². The van der Waals surface area contributed by atoms with Gasteiger partial charge in [0.15, 0.2) is 5.78 Å². The number of Topliss-reactive ketones (excluding diaryl/α,β-unsaturated/α-hetero) is 1. The van der Waals surface area contributed by atoms with Gasteiger partial charge in [-0.1, -0.05) is 33.6 Å². The van der Waals surface area contributed by atoms with Crippen LogP contribution in [0.1, 0.15) is 60.3 Å². The molecule has 2 atom stereocenters. The molecule has 0 rings (SSSR count). The fraction of sp³-hybridized carbons (Fsp3) is 0.800. The second-order valence-corrected chi connectivity index (χ2v) is 5.59. The van der Waals surface area contributed by atoms with Gasteiger partial charge < -0.3 is 10.6 Å². The molecule has 2 N–H and O–H groups in total. The second-order valence-electron chi connectivity index (χ2n) is 5.59. The van der Waals surface area contributed by atoms with Crippen LogP contribution in [0, 0.1) is 5.92 Å². The lowest BCUT2D eigenvalue weighted by molar-refractivity contribution is -0.132. The van der Waals surface area contributed by atoms with E-state index in [0.717, 1.165) is 19.3 Å². The molecule has 0 aromatic rings. The third kappa shape index (κ3) is 7.26. The van der Waals surface area contributed by atoms with Crippen LogP contribution in [0.15, 0.2) is 0 Å². The predicted molar refractivity (Wildman–Crippen MR) is 79.2 cm³/mol. The van der Waals surface area contributed by atoms with E-state index in [1.807, 2.05) is 13.8 Å². The Morgan fingerprint density at radius 2 is 1.60 bits per heavy atom. The molecule has 0 heterocycles. The maximum atomic E-state index is 12.1. The molecule has 0 aromatic carbocycles. The quantitative estimate of drug-likeness (QED) is 0.634. The lowest BCUT2D eigenvalue weighted by Crippen LogP contribution is -2.52. The van der Waals surface area contributed by atoms with Gasteiger partial charge in [-0.15, -0.1) is 0 Å². The summed E-state index contributed by atoms with van der Waals surface area (Å²) in [5.41, 5.74) is 0. The van der Waals surface area contributed by atoms with E-state index >= 15 is 0 Å². The van der Waals surface area contributed by atoms with Crippen LogP contribution in [0.3, 0.4) is 0 Å². The summed E-state index contributed by atoms with van der Waals surface area (Å²) in [4.78, 5) is 35.1. The van der Waals surface area contributed by atoms with Crippen molar-refractivity contribution in [3.05, 3.63) is 0 Å². The second kappa shape index (κ2) is 9.50. The number of rotatable bonds is 9. The van der Waals surface area contributed by atoms with Crippen LogP contribution in [-0.2, 0) is 14.4 Å². The lowest BCUT2D eigenvalue weighted by Gasteiger charge is -2.23. The molecule has 0 aromatic heterocycles. The van der Waals surface area contributed by atoms with Gasteiger partial charge in [-0.25, -0.2) is 0 Å². The average Bonchev–Trinajstić information content (AvgIpc) is 2.35. The van der Waals surface area contributed by atoms with Crippen molar-refractivity contribution in [2.24, 2.45) is 5.92 Å². The number of amides is 2. The van der Waals surface area contributed by atoms with Crippen molar-refractivity contribution in [3.63, 3.8) is 0 Å². The summed E-state index contributed by atoms with van der Waals surface area (Å²) >= 11 is 0. The smallest absolute Gasteiger partial charge is 0.243 e. The minimum Gasteiger partial charge on any atom is -0.345 e. The number of unbranched alkanes of at least 4 members (excludes halogenated alkanes) is 2. The van der Waals surface area contributed by atoms with E-state index in [1.54, 1.807) is 6.92 Å². The van der Waals surface area contributed by atoms with Crippen LogP contribution in [0.5, 0.6) is 0 Å². The third-order valence-electron chi connectivity index (χ3n) is 3.24. The van der Waals surface area contributed by atoms with Crippen LogP contribution in [0.4, 0.5) is 0 Å². The summed E-state index contributed by atoms with van der Waals surface area (Å²) in [6.07, 6.45) is 3.33. The zero-order valence-corrected chi connectivity index (χ0v) is 13.3. The van der Waals surface area contributed by atoms with Gasteiger partial charge in [0.2, 0.25) is 11.8 Å². The Morgan fingerprint density at radius 1 is 1.00 bits per heavy atom. The number of nitrogens with one attached hydrogen (secondary N) is 2. The average molecular weight is 284 g/mol. The number of ketones is 1. The highest BCUT2D eigenvalue weighted by Crippen LogP contribution is 2.05. The number of hydrogen-bond acceptors (Lipinski definition) is 3. The first kappa shape index (κ1) is 18.6. The summed E-state index contributed by atoms with van der Waals surface area (Å²) in [6, 6.07) is -1.12. The molecule has 116 valence electrons. The molecule has 20 heavy (non-hydrogen) atoms. The van der Waals surface area contributed by atoms with Gasteiger partial charge in [0.25, 0.3) is 0 Å². The number of hydrogen-bond donors (Lipinski definition) is 2. The number of carbonyl (C=O) groups excluding carboxylic acids is 3. The minimum absolute atomic E-state index is 0.0238. The van der Waals surface area contributed by atoms with Crippen LogP contribution in [0.25, 0.3) is 0 Å². The summed E-state index contributed by atoms with van der Waals surface area (Å²) in [6.45, 7) is 8.88. The highest BCUT2D eigenvalue weighted by molar-refractivity contribution is 5.91. The molecule has 0 aliphatic rings. The molecule has 0 unspecified atom stereocenters. The van der Waals surface area contributed by atoms with Gasteiger partial charge in [0.1, 0.15) is 6.04 Å². The van der Waals surface area contributed by atoms with Crippen molar-refractivity contribution < 1.29 is 14.4 Å². The van der Waals surface area contributed by atoms with Crippen LogP contribution >= 0.6 is 0 Å². The normalized spacial score (nSPS) is 13.7. The highest BCUT2D eigenvalue weighted by atomic mass is 16.2. The summed E-state index contributed by atoms with van der Waals surface area (Å²) < 4.78 is 0. The van der Waals surface area contributed by atoms with E-state index in [1.165, 1.54) is 6.92 Å². The first-order valence-corrected chi connectivity index (χ1v) is 7.39. The maximum Gasteiger partial charge on any atom is 0.243 e. The van der Waals surface area contributed by atoms with E-state index in [-0.39, 0.29) is 23.5 Å². The molecule has 5 heteroatoms. The lowest BCUT2D eigenvalue weighted by atomic mass is 10.0. The van der Waals surface area contributed by atoms with Gasteiger partial charge in [0, 0.05) is 6.42 Å². The molecule has 0 radical (unpaired) electrons. The van der Waals surface area contributed by atoms with Crippen molar-refractivity contribution in [1.29, 1.82) is 0 Å². The number of carbonyl (C=O) groups is 3. The van der Waals surface area contributed by atoms with E-state index in [2.05, 4.69) is 17.6 Å². The van der Waals surface area contributed by atoms with Crippen LogP contribution in [-0.4, -0.2) is 29.7 Å². The molecule has 0 aliphatic carbocycles. The maximum absolute atomic E-state index is 12.1. The van der Waals surface area contributed by atoms with Crippen molar-refractivity contribution in [2.45, 2.75) is 72.4 Å². The van der Waals surface area contributed by atoms with E-state index in [4.69, 9.17) is 0 Å². The van der Waals surface area contributed by atoms with E-state index in [9.17, 15) is 14.4 Å². The Kier molecular flexibility index (Phi) is 8.84. The third-order valence-corrected chi connectivity index (χ3v) is 3.24. The van der Waals surface area contributed by atoms with Gasteiger partial charge in [-0.3, -0.25) is 14.4 Å². The van der Waals surface area contributed by atoms with E-state index in [0.29, 0.717) is 6.42 Å². The first-order valence-electron chi connectivity index (χ1n) is 7.39. The van der Waals surface area contributed by atoms with Crippen molar-refractivity contribution >= 4 is 17.6 Å². The standard InChI is InChI=1S/C15H28N2O3/c1-6-7-8-9-13(19)17-14(10(2)3)15(20)16-11(4)12(5)18/h10-11,14H,6-9H2,1-5H3,(H,16,20)(H,17,19)/t11-,14-/m0/s1. The van der Waals surface area contributed by atoms with Gasteiger partial charge >= 0.3 is 0 Å². The fourth-order valence-electron chi connectivity index (χ4n) is 1.72. The summed E-state index contributed by atoms with van der Waals surface area (Å²) in [7, 11) is 0. The molecule has 0 saturated carbocycles. The summed E-state index contributed by atoms with van der Waals surface area (Å²) in [5.74, 6) is -0.534. The predicted octanol–water partition coefficient (Wildman–Crippen LogP) is 1.80. The highest BCUT2D eigenvalue weighted by Gasteiger charge is 2.25. The molecule has 0 spiro atoms. The molecule has 0 aliphatic heterocycles. The van der Waals surface area contributed by atoms with E-state index < -0.39 is 12.1 Å². The van der Waals surface area contributed by atoms with Gasteiger partial charge in [-0.2, -0.15) is 0 Å². The molecular weight excluding hydrogens is 256 g/mol. The van der Waals surface area contributed by atoms with Gasteiger partial charge in [0.05, 0.1) is 6.04 Å². The SMILES string of the molecule is CCCCCC(=O)N[C@H](C(=O)N[C@@H](C)C(C)=O)C(C)C. The van der Waals surface area contributed by atoms with Crippen molar-refractivity contribution in [2.75, 3.05) is 0 Å². The Bertz CT molecular complexity index is 340. The minimum atomic E-state index is -0.592.